The van der Waals surface area contributed by atoms with E-state index >= 15 is 0 Å². The molecule has 1 heterocycles. The van der Waals surface area contributed by atoms with Crippen LogP contribution >= 0.6 is 0 Å². The van der Waals surface area contributed by atoms with Crippen LogP contribution in [0.15, 0.2) is 24.3 Å². The molecule has 1 fully saturated rings. The summed E-state index contributed by atoms with van der Waals surface area (Å²) >= 11 is 0. The number of aliphatic hydroxyl groups excluding tert-OH is 2. The summed E-state index contributed by atoms with van der Waals surface area (Å²) < 4.78 is 11.3. The lowest BCUT2D eigenvalue weighted by Gasteiger charge is -2.31. The summed E-state index contributed by atoms with van der Waals surface area (Å²) in [5.74, 6) is -0.722. The summed E-state index contributed by atoms with van der Waals surface area (Å²) in [7, 11) is 0. The van der Waals surface area contributed by atoms with Crippen LogP contribution in [0.1, 0.15) is 20.3 Å². The maximum absolute atomic E-state index is 9.84. The average Bonchev–Trinajstić information content (AvgIpc) is 2.51. The van der Waals surface area contributed by atoms with Crippen LogP contribution in [-0.2, 0) is 9.47 Å². The van der Waals surface area contributed by atoms with E-state index in [1.807, 2.05) is 0 Å². The van der Waals surface area contributed by atoms with Gasteiger partial charge in [0, 0.05) is 0 Å². The molecule has 0 aromatic heterocycles. The Hall–Kier alpha value is -0.680. The van der Waals surface area contributed by atoms with Gasteiger partial charge in [-0.15, -0.1) is 6.58 Å². The molecule has 0 bridgehead atoms. The van der Waals surface area contributed by atoms with Crippen molar-refractivity contribution >= 4 is 0 Å². The van der Waals surface area contributed by atoms with Crippen molar-refractivity contribution in [2.45, 2.75) is 50.5 Å². The van der Waals surface area contributed by atoms with Gasteiger partial charge in [-0.05, 0) is 25.8 Å². The molecular weight excluding hydrogens is 208 g/mol. The minimum atomic E-state index is -0.930. The molecule has 0 radical (unpaired) electrons. The monoisotopic (exact) mass is 226 g/mol. The van der Waals surface area contributed by atoms with Crippen LogP contribution in [0.5, 0.6) is 0 Å². The molecule has 1 aliphatic carbocycles. The molecule has 4 atom stereocenters. The van der Waals surface area contributed by atoms with Gasteiger partial charge in [-0.25, -0.2) is 0 Å². The van der Waals surface area contributed by atoms with Gasteiger partial charge in [-0.3, -0.25) is 0 Å². The third kappa shape index (κ3) is 1.94. The quantitative estimate of drug-likeness (QED) is 0.682. The van der Waals surface area contributed by atoms with E-state index in [4.69, 9.17) is 9.47 Å². The van der Waals surface area contributed by atoms with Gasteiger partial charge in [0.05, 0.1) is 0 Å². The minimum Gasteiger partial charge on any atom is -0.387 e. The molecule has 4 nitrogen and oxygen atoms in total. The zero-order chi connectivity index (χ0) is 11.9. The maximum atomic E-state index is 9.84. The molecule has 0 saturated carbocycles. The normalized spacial score (nSPS) is 41.4. The summed E-state index contributed by atoms with van der Waals surface area (Å²) in [5.41, 5.74) is 0.920. The van der Waals surface area contributed by atoms with E-state index in [1.54, 1.807) is 26.0 Å². The third-order valence-electron chi connectivity index (χ3n) is 2.95. The highest BCUT2D eigenvalue weighted by Gasteiger charge is 2.49. The summed E-state index contributed by atoms with van der Waals surface area (Å²) in [6.07, 6.45) is 1.41. The molecule has 0 aromatic rings. The second-order valence-corrected chi connectivity index (χ2v) is 4.74. The average molecular weight is 226 g/mol. The van der Waals surface area contributed by atoms with Crippen molar-refractivity contribution in [3.05, 3.63) is 24.3 Å². The molecule has 0 unspecified atom stereocenters. The predicted molar refractivity (Wildman–Crippen MR) is 58.7 cm³/mol. The lowest BCUT2D eigenvalue weighted by Crippen LogP contribution is -2.46. The van der Waals surface area contributed by atoms with Crippen molar-refractivity contribution in [1.29, 1.82) is 0 Å². The zero-order valence-electron chi connectivity index (χ0n) is 9.59. The van der Waals surface area contributed by atoms with Crippen molar-refractivity contribution in [3.63, 3.8) is 0 Å². The molecule has 0 amide bonds. The lowest BCUT2D eigenvalue weighted by atomic mass is 9.88. The van der Waals surface area contributed by atoms with Crippen molar-refractivity contribution in [2.24, 2.45) is 0 Å². The van der Waals surface area contributed by atoms with Crippen molar-refractivity contribution in [1.82, 2.24) is 0 Å². The SMILES string of the molecule is C=CCC1=C[C@@H](O)[C@@H](O)[C@@H]2OC(C)(C)O[C@H]12. The molecule has 2 rings (SSSR count). The van der Waals surface area contributed by atoms with Crippen LogP contribution in [0.2, 0.25) is 0 Å². The van der Waals surface area contributed by atoms with Gasteiger partial charge in [0.15, 0.2) is 5.79 Å². The first-order chi connectivity index (χ1) is 7.44. The molecule has 4 heteroatoms. The van der Waals surface area contributed by atoms with Gasteiger partial charge in [0.1, 0.15) is 24.4 Å². The van der Waals surface area contributed by atoms with E-state index in [-0.39, 0.29) is 6.10 Å². The number of rotatable bonds is 2. The Morgan fingerprint density at radius 3 is 2.75 bits per heavy atom. The van der Waals surface area contributed by atoms with Gasteiger partial charge >= 0.3 is 0 Å². The molecular formula is C12H18O4. The molecule has 1 aliphatic heterocycles. The summed E-state index contributed by atoms with van der Waals surface area (Å²) in [6.45, 7) is 7.27. The highest BCUT2D eigenvalue weighted by atomic mass is 16.8. The number of aliphatic hydroxyl groups is 2. The van der Waals surface area contributed by atoms with Crippen LogP contribution in [0.4, 0.5) is 0 Å². The molecule has 16 heavy (non-hydrogen) atoms. The highest BCUT2D eigenvalue weighted by Crippen LogP contribution is 2.38. The number of allylic oxidation sites excluding steroid dienone is 1. The highest BCUT2D eigenvalue weighted by molar-refractivity contribution is 5.24. The van der Waals surface area contributed by atoms with Crippen molar-refractivity contribution in [3.8, 4) is 0 Å². The first-order valence-corrected chi connectivity index (χ1v) is 5.48. The number of hydrogen-bond acceptors (Lipinski definition) is 4. The maximum Gasteiger partial charge on any atom is 0.164 e. The molecule has 0 aromatic carbocycles. The van der Waals surface area contributed by atoms with E-state index in [2.05, 4.69) is 6.58 Å². The molecule has 2 N–H and O–H groups in total. The second kappa shape index (κ2) is 3.96. The van der Waals surface area contributed by atoms with Gasteiger partial charge in [0.25, 0.3) is 0 Å². The largest absolute Gasteiger partial charge is 0.387 e. The van der Waals surface area contributed by atoms with E-state index in [9.17, 15) is 10.2 Å². The van der Waals surface area contributed by atoms with Gasteiger partial charge in [-0.1, -0.05) is 12.2 Å². The topological polar surface area (TPSA) is 58.9 Å². The van der Waals surface area contributed by atoms with Crippen LogP contribution < -0.4 is 0 Å². The second-order valence-electron chi connectivity index (χ2n) is 4.74. The summed E-state index contributed by atoms with van der Waals surface area (Å²) in [4.78, 5) is 0. The first-order valence-electron chi connectivity index (χ1n) is 5.48. The van der Waals surface area contributed by atoms with Crippen LogP contribution in [-0.4, -0.2) is 40.4 Å². The van der Waals surface area contributed by atoms with Crippen molar-refractivity contribution in [2.75, 3.05) is 0 Å². The minimum absolute atomic E-state index is 0.286. The van der Waals surface area contributed by atoms with Crippen molar-refractivity contribution < 1.29 is 19.7 Å². The smallest absolute Gasteiger partial charge is 0.164 e. The van der Waals surface area contributed by atoms with E-state index < -0.39 is 24.1 Å². The van der Waals surface area contributed by atoms with Crippen LogP contribution in [0, 0.1) is 0 Å². The van der Waals surface area contributed by atoms with Gasteiger partial charge in [-0.2, -0.15) is 0 Å². The fourth-order valence-corrected chi connectivity index (χ4v) is 2.28. The summed E-state index contributed by atoms with van der Waals surface area (Å²) in [6, 6.07) is 0. The van der Waals surface area contributed by atoms with Crippen LogP contribution in [0.25, 0.3) is 0 Å². The Morgan fingerprint density at radius 1 is 1.44 bits per heavy atom. The Morgan fingerprint density at radius 2 is 2.12 bits per heavy atom. The Balaban J connectivity index is 2.27. The fourth-order valence-electron chi connectivity index (χ4n) is 2.28. The molecule has 90 valence electrons. The number of ether oxygens (including phenoxy) is 2. The van der Waals surface area contributed by atoms with E-state index in [1.165, 1.54) is 0 Å². The van der Waals surface area contributed by atoms with E-state index in [0.29, 0.717) is 6.42 Å². The molecule has 0 spiro atoms. The Kier molecular flexibility index (Phi) is 2.92. The van der Waals surface area contributed by atoms with Crippen LogP contribution in [0.3, 0.4) is 0 Å². The van der Waals surface area contributed by atoms with Gasteiger partial charge in [0.2, 0.25) is 0 Å². The zero-order valence-corrected chi connectivity index (χ0v) is 9.59. The lowest BCUT2D eigenvalue weighted by molar-refractivity contribution is -0.158. The van der Waals surface area contributed by atoms with Gasteiger partial charge < -0.3 is 19.7 Å². The fraction of sp³-hybridized carbons (Fsp3) is 0.667. The predicted octanol–water partition coefficient (Wildman–Crippen LogP) is 0.744. The number of fused-ring (bicyclic) bond motifs is 1. The van der Waals surface area contributed by atoms with E-state index in [0.717, 1.165) is 5.57 Å². The summed E-state index contributed by atoms with van der Waals surface area (Å²) in [5, 5.41) is 19.5. The standard InChI is InChI=1S/C12H18O4/c1-4-5-7-6-8(13)9(14)11-10(7)15-12(2,3)16-11/h4,6,8-11,13-14H,1,5H2,2-3H3/t8-,9-,10-,11+/m1/s1. The number of hydrogen-bond donors (Lipinski definition) is 2. The Bertz CT molecular complexity index is 321. The molecule has 2 aliphatic rings. The third-order valence-corrected chi connectivity index (χ3v) is 2.95. The Labute approximate surface area is 95.2 Å². The first kappa shape index (κ1) is 11.8. The molecule has 1 saturated heterocycles.